The number of methoxy groups -OCH3 is 1. The van der Waals surface area contributed by atoms with Crippen LogP contribution in [0.5, 0.6) is 5.75 Å². The van der Waals surface area contributed by atoms with E-state index in [1.165, 1.54) is 4.40 Å². The van der Waals surface area contributed by atoms with Crippen molar-refractivity contribution in [2.45, 2.75) is 24.5 Å². The Morgan fingerprint density at radius 3 is 2.74 bits per heavy atom. The maximum absolute atomic E-state index is 13.3. The number of amides is 1. The summed E-state index contributed by atoms with van der Waals surface area (Å²) < 4.78 is 6.67. The third kappa shape index (κ3) is 4.46. The number of carbonyl (C=O) groups is 1. The molecule has 3 aromatic heterocycles. The number of thioether (sulfide) groups is 1. The fraction of sp³-hybridized carbons (Fsp3) is 0.208. The van der Waals surface area contributed by atoms with E-state index in [2.05, 4.69) is 15.1 Å². The van der Waals surface area contributed by atoms with Gasteiger partial charge in [0.1, 0.15) is 11.4 Å². The Morgan fingerprint density at radius 2 is 2.00 bits per heavy atom. The summed E-state index contributed by atoms with van der Waals surface area (Å²) in [5, 5.41) is 8.49. The SMILES string of the molecule is COc1ccc([C@H]2CC(c3cccs3)=NN2C(=O)CSc2nc(=O)n3cc(C)ccc3n2)cc1. The second kappa shape index (κ2) is 9.40. The summed E-state index contributed by atoms with van der Waals surface area (Å²) in [5.74, 6) is 0.643. The Morgan fingerprint density at radius 1 is 1.18 bits per heavy atom. The van der Waals surface area contributed by atoms with Gasteiger partial charge < -0.3 is 4.74 Å². The van der Waals surface area contributed by atoms with Crippen LogP contribution in [0.15, 0.2) is 75.2 Å². The van der Waals surface area contributed by atoms with Gasteiger partial charge in [0.25, 0.3) is 5.91 Å². The van der Waals surface area contributed by atoms with E-state index in [0.29, 0.717) is 12.1 Å². The molecule has 4 aromatic rings. The molecule has 0 aliphatic carbocycles. The molecule has 0 spiro atoms. The minimum Gasteiger partial charge on any atom is -0.497 e. The van der Waals surface area contributed by atoms with Crippen LogP contribution >= 0.6 is 23.1 Å². The van der Waals surface area contributed by atoms with Crippen LogP contribution in [-0.4, -0.2) is 43.9 Å². The van der Waals surface area contributed by atoms with Crippen LogP contribution in [0.1, 0.15) is 28.5 Å². The number of fused-ring (bicyclic) bond motifs is 1. The molecule has 0 fully saturated rings. The molecule has 10 heteroatoms. The molecule has 0 saturated heterocycles. The van der Waals surface area contributed by atoms with E-state index in [0.717, 1.165) is 39.2 Å². The topological polar surface area (TPSA) is 89.2 Å². The van der Waals surface area contributed by atoms with Crippen molar-refractivity contribution >= 4 is 40.4 Å². The fourth-order valence-electron chi connectivity index (χ4n) is 3.78. The number of pyridine rings is 1. The van der Waals surface area contributed by atoms with Crippen molar-refractivity contribution in [1.29, 1.82) is 0 Å². The number of aryl methyl sites for hydroxylation is 1. The average molecular weight is 492 g/mol. The summed E-state index contributed by atoms with van der Waals surface area (Å²) in [6, 6.07) is 15.1. The number of hydrogen-bond acceptors (Lipinski definition) is 8. The molecule has 1 aliphatic rings. The largest absolute Gasteiger partial charge is 0.497 e. The standard InChI is InChI=1S/C24H21N5O3S2/c1-15-5-10-21-25-23(26-24(31)28(21)13-15)34-14-22(30)29-19(16-6-8-17(32-2)9-7-16)12-18(27-29)20-4-3-11-33-20/h3-11,13,19H,12,14H2,1-2H3/t19-/m1/s1. The predicted octanol–water partition coefficient (Wildman–Crippen LogP) is 3.94. The van der Waals surface area contributed by atoms with Gasteiger partial charge in [0.05, 0.1) is 29.5 Å². The van der Waals surface area contributed by atoms with Gasteiger partial charge in [-0.1, -0.05) is 36.0 Å². The van der Waals surface area contributed by atoms with Gasteiger partial charge in [-0.2, -0.15) is 10.1 Å². The lowest BCUT2D eigenvalue weighted by Crippen LogP contribution is -2.29. The molecule has 0 saturated carbocycles. The van der Waals surface area contributed by atoms with Crippen molar-refractivity contribution in [2.24, 2.45) is 5.10 Å². The average Bonchev–Trinajstić information content (AvgIpc) is 3.53. The van der Waals surface area contributed by atoms with Crippen molar-refractivity contribution in [1.82, 2.24) is 19.4 Å². The third-order valence-corrected chi connectivity index (χ3v) is 7.23. The van der Waals surface area contributed by atoms with E-state index < -0.39 is 5.69 Å². The van der Waals surface area contributed by atoms with Crippen molar-refractivity contribution in [3.05, 3.63) is 86.6 Å². The number of thiophene rings is 1. The molecule has 34 heavy (non-hydrogen) atoms. The second-order valence-corrected chi connectivity index (χ2v) is 9.66. The van der Waals surface area contributed by atoms with Gasteiger partial charge in [-0.25, -0.2) is 14.8 Å². The number of nitrogens with zero attached hydrogens (tertiary/aromatic N) is 5. The molecule has 5 rings (SSSR count). The zero-order chi connectivity index (χ0) is 23.7. The van der Waals surface area contributed by atoms with Crippen LogP contribution in [0, 0.1) is 6.92 Å². The summed E-state index contributed by atoms with van der Waals surface area (Å²) in [7, 11) is 1.62. The zero-order valence-electron chi connectivity index (χ0n) is 18.5. The summed E-state index contributed by atoms with van der Waals surface area (Å²) in [6.45, 7) is 1.90. The number of hydrogen-bond donors (Lipinski definition) is 0. The number of ether oxygens (including phenoxy) is 1. The Hall–Kier alpha value is -3.50. The van der Waals surface area contributed by atoms with Crippen molar-refractivity contribution < 1.29 is 9.53 Å². The molecule has 1 amide bonds. The fourth-order valence-corrected chi connectivity index (χ4v) is 5.18. The summed E-state index contributed by atoms with van der Waals surface area (Å²) >= 11 is 2.74. The number of benzene rings is 1. The first-order valence-electron chi connectivity index (χ1n) is 10.6. The highest BCUT2D eigenvalue weighted by Gasteiger charge is 2.33. The molecule has 172 valence electrons. The predicted molar refractivity (Wildman–Crippen MR) is 133 cm³/mol. The lowest BCUT2D eigenvalue weighted by Gasteiger charge is -2.22. The smallest absolute Gasteiger partial charge is 0.355 e. The maximum atomic E-state index is 13.3. The highest BCUT2D eigenvalue weighted by atomic mass is 32.2. The summed E-state index contributed by atoms with van der Waals surface area (Å²) in [6.07, 6.45) is 2.32. The molecular weight excluding hydrogens is 470 g/mol. The van der Waals surface area contributed by atoms with Crippen molar-refractivity contribution in [2.75, 3.05) is 12.9 Å². The number of rotatable bonds is 6. The van der Waals surface area contributed by atoms with E-state index in [1.54, 1.807) is 35.7 Å². The van der Waals surface area contributed by atoms with E-state index in [9.17, 15) is 9.59 Å². The first kappa shape index (κ1) is 22.3. The molecular formula is C24H21N5O3S2. The number of carbonyl (C=O) groups excluding carboxylic acids is 1. The summed E-state index contributed by atoms with van der Waals surface area (Å²) in [5.41, 5.74) is 2.87. The van der Waals surface area contributed by atoms with Crippen molar-refractivity contribution in [3.8, 4) is 5.75 Å². The minimum absolute atomic E-state index is 0.0648. The van der Waals surface area contributed by atoms with Crippen molar-refractivity contribution in [3.63, 3.8) is 0 Å². The lowest BCUT2D eigenvalue weighted by molar-refractivity contribution is -0.130. The summed E-state index contributed by atoms with van der Waals surface area (Å²) in [4.78, 5) is 35.2. The van der Waals surface area contributed by atoms with E-state index in [1.807, 2.05) is 54.8 Å². The number of hydrazone groups is 1. The van der Waals surface area contributed by atoms with Gasteiger partial charge in [0, 0.05) is 12.6 Å². The zero-order valence-corrected chi connectivity index (χ0v) is 20.2. The first-order chi connectivity index (χ1) is 16.5. The van der Waals surface area contributed by atoms with E-state index in [4.69, 9.17) is 4.74 Å². The second-order valence-electron chi connectivity index (χ2n) is 7.77. The van der Waals surface area contributed by atoms with Gasteiger partial charge in [-0.05, 0) is 47.7 Å². The molecule has 4 heterocycles. The Kier molecular flexibility index (Phi) is 6.16. The molecule has 0 bridgehead atoms. The highest BCUT2D eigenvalue weighted by Crippen LogP contribution is 2.35. The highest BCUT2D eigenvalue weighted by molar-refractivity contribution is 7.99. The monoisotopic (exact) mass is 491 g/mol. The molecule has 8 nitrogen and oxygen atoms in total. The number of aromatic nitrogens is 3. The molecule has 0 unspecified atom stereocenters. The Labute approximate surface area is 203 Å². The van der Waals surface area contributed by atoms with E-state index in [-0.39, 0.29) is 22.9 Å². The van der Waals surface area contributed by atoms with Gasteiger partial charge >= 0.3 is 5.69 Å². The molecule has 0 radical (unpaired) electrons. The molecule has 1 atom stereocenters. The Balaban J connectivity index is 1.38. The van der Waals surface area contributed by atoms with Gasteiger partial charge in [0.15, 0.2) is 5.16 Å². The molecule has 1 aliphatic heterocycles. The maximum Gasteiger partial charge on any atom is 0.355 e. The first-order valence-corrected chi connectivity index (χ1v) is 12.5. The molecule has 0 N–H and O–H groups in total. The van der Waals surface area contributed by atoms with Crippen LogP contribution in [-0.2, 0) is 4.79 Å². The van der Waals surface area contributed by atoms with Gasteiger partial charge in [-0.15, -0.1) is 11.3 Å². The van der Waals surface area contributed by atoms with Gasteiger partial charge in [0.2, 0.25) is 0 Å². The van der Waals surface area contributed by atoms with Crippen LogP contribution in [0.2, 0.25) is 0 Å². The minimum atomic E-state index is -0.418. The quantitative estimate of drug-likeness (QED) is 0.380. The van der Waals surface area contributed by atoms with Crippen LogP contribution in [0.25, 0.3) is 5.65 Å². The lowest BCUT2D eigenvalue weighted by atomic mass is 10.0. The third-order valence-electron chi connectivity index (χ3n) is 5.48. The van der Waals surface area contributed by atoms with Crippen LogP contribution in [0.3, 0.4) is 0 Å². The molecule has 1 aromatic carbocycles. The van der Waals surface area contributed by atoms with E-state index >= 15 is 0 Å². The van der Waals surface area contributed by atoms with Gasteiger partial charge in [-0.3, -0.25) is 9.20 Å². The van der Waals surface area contributed by atoms with Crippen LogP contribution in [0.4, 0.5) is 0 Å². The Bertz CT molecular complexity index is 1430. The van der Waals surface area contributed by atoms with Crippen LogP contribution < -0.4 is 10.4 Å². The normalized spacial score (nSPS) is 15.5.